The summed E-state index contributed by atoms with van der Waals surface area (Å²) in [6.45, 7) is 12.0. The second-order valence-electron chi connectivity index (χ2n) is 9.50. The van der Waals surface area contributed by atoms with Gasteiger partial charge >= 0.3 is 0 Å². The highest BCUT2D eigenvalue weighted by Crippen LogP contribution is 2.37. The third kappa shape index (κ3) is 5.85. The summed E-state index contributed by atoms with van der Waals surface area (Å²) >= 11 is 1.26. The third-order valence-electron chi connectivity index (χ3n) is 4.87. The molecule has 32 heavy (non-hydrogen) atoms. The van der Waals surface area contributed by atoms with Crippen LogP contribution in [0, 0.1) is 11.7 Å². The number of imidazole rings is 1. The normalized spacial score (nSPS) is 12.6. The lowest BCUT2D eigenvalue weighted by Gasteiger charge is -2.20. The number of thiophene rings is 1. The highest BCUT2D eigenvalue weighted by molar-refractivity contribution is 7.91. The second kappa shape index (κ2) is 9.45. The molecule has 0 aliphatic carbocycles. The average molecular weight is 478 g/mol. The van der Waals surface area contributed by atoms with Crippen molar-refractivity contribution < 1.29 is 12.8 Å². The zero-order chi connectivity index (χ0) is 23.7. The van der Waals surface area contributed by atoms with Gasteiger partial charge in [0.2, 0.25) is 0 Å². The number of halogens is 1. The first-order valence-electron chi connectivity index (χ1n) is 10.8. The van der Waals surface area contributed by atoms with Gasteiger partial charge < -0.3 is 4.57 Å². The molecule has 0 fully saturated rings. The zero-order valence-corrected chi connectivity index (χ0v) is 21.2. The Morgan fingerprint density at radius 3 is 2.53 bits per heavy atom. The van der Waals surface area contributed by atoms with Gasteiger partial charge in [-0.1, -0.05) is 32.9 Å². The molecule has 0 saturated carbocycles. The van der Waals surface area contributed by atoms with Crippen LogP contribution in [-0.2, 0) is 29.4 Å². The van der Waals surface area contributed by atoms with Crippen LogP contribution in [0.5, 0.6) is 0 Å². The molecule has 1 N–H and O–H groups in total. The van der Waals surface area contributed by atoms with Gasteiger partial charge in [0.15, 0.2) is 0 Å². The molecular formula is C24H32FN3O2S2. The Morgan fingerprint density at radius 2 is 1.94 bits per heavy atom. The van der Waals surface area contributed by atoms with Crippen LogP contribution < -0.4 is 4.72 Å². The van der Waals surface area contributed by atoms with Crippen LogP contribution >= 0.6 is 11.3 Å². The molecule has 0 bridgehead atoms. The van der Waals surface area contributed by atoms with E-state index in [4.69, 9.17) is 0 Å². The van der Waals surface area contributed by atoms with Gasteiger partial charge in [-0.25, -0.2) is 22.5 Å². The van der Waals surface area contributed by atoms with Crippen LogP contribution in [0.15, 0.2) is 40.9 Å². The zero-order valence-electron chi connectivity index (χ0n) is 19.6. The van der Waals surface area contributed by atoms with Gasteiger partial charge in [-0.05, 0) is 50.8 Å². The smallest absolute Gasteiger partial charge is 0.251 e. The van der Waals surface area contributed by atoms with Gasteiger partial charge in [-0.2, -0.15) is 0 Å². The van der Waals surface area contributed by atoms with E-state index in [0.29, 0.717) is 29.2 Å². The van der Waals surface area contributed by atoms with Gasteiger partial charge in [0.25, 0.3) is 10.0 Å². The molecule has 0 amide bonds. The summed E-state index contributed by atoms with van der Waals surface area (Å²) in [5.74, 6) is 0.919. The van der Waals surface area contributed by atoms with Gasteiger partial charge in [0.05, 0.1) is 6.54 Å². The van der Waals surface area contributed by atoms with Crippen molar-refractivity contribution in [2.75, 3.05) is 0 Å². The van der Waals surface area contributed by atoms with E-state index in [-0.39, 0.29) is 10.0 Å². The molecule has 0 unspecified atom stereocenters. The van der Waals surface area contributed by atoms with Crippen molar-refractivity contribution in [1.29, 1.82) is 0 Å². The predicted molar refractivity (Wildman–Crippen MR) is 129 cm³/mol. The largest absolute Gasteiger partial charge is 0.330 e. The lowest BCUT2D eigenvalue weighted by Crippen LogP contribution is -2.40. The lowest BCUT2D eigenvalue weighted by molar-refractivity contribution is 0.492. The summed E-state index contributed by atoms with van der Waals surface area (Å²) in [5.41, 5.74) is 1.03. The maximum Gasteiger partial charge on any atom is 0.251 e. The van der Waals surface area contributed by atoms with Gasteiger partial charge in [0.1, 0.15) is 15.9 Å². The van der Waals surface area contributed by atoms with Crippen LogP contribution in [0.1, 0.15) is 57.8 Å². The van der Waals surface area contributed by atoms with Crippen molar-refractivity contribution in [3.8, 4) is 11.1 Å². The molecule has 5 nitrogen and oxygen atoms in total. The topological polar surface area (TPSA) is 64.0 Å². The van der Waals surface area contributed by atoms with Crippen LogP contribution in [0.4, 0.5) is 4.39 Å². The number of benzene rings is 1. The monoisotopic (exact) mass is 477 g/mol. The maximum atomic E-state index is 15.1. The van der Waals surface area contributed by atoms with E-state index < -0.39 is 15.6 Å². The number of aryl methyl sites for hydroxylation is 1. The quantitative estimate of drug-likeness (QED) is 0.457. The first-order chi connectivity index (χ1) is 14.9. The number of aromatic nitrogens is 2. The van der Waals surface area contributed by atoms with Crippen molar-refractivity contribution in [2.24, 2.45) is 5.92 Å². The fourth-order valence-corrected chi connectivity index (χ4v) is 6.97. The van der Waals surface area contributed by atoms with Gasteiger partial charge in [0, 0.05) is 40.4 Å². The highest BCUT2D eigenvalue weighted by atomic mass is 32.2. The molecule has 8 heteroatoms. The minimum Gasteiger partial charge on any atom is -0.330 e. The SMILES string of the molecule is CCc1nccn1Cc1ccc(-c2cc(CC(C)C)sc2S(=O)(=O)NC(C)(C)C)cc1F. The minimum atomic E-state index is -3.75. The minimum absolute atomic E-state index is 0.234. The first kappa shape index (κ1) is 24.6. The molecule has 3 aromatic rings. The molecule has 0 aliphatic rings. The Hall–Kier alpha value is -2.03. The van der Waals surface area contributed by atoms with E-state index in [1.54, 1.807) is 18.3 Å². The Morgan fingerprint density at radius 1 is 1.22 bits per heavy atom. The summed E-state index contributed by atoms with van der Waals surface area (Å²) in [6.07, 6.45) is 5.09. The molecule has 0 radical (unpaired) electrons. The Bertz CT molecular complexity index is 1190. The van der Waals surface area contributed by atoms with Crippen molar-refractivity contribution in [3.63, 3.8) is 0 Å². The second-order valence-corrected chi connectivity index (χ2v) is 12.5. The van der Waals surface area contributed by atoms with Gasteiger partial charge in [-0.3, -0.25) is 0 Å². The summed E-state index contributed by atoms with van der Waals surface area (Å²) in [5, 5.41) is 0. The predicted octanol–water partition coefficient (Wildman–Crippen LogP) is 5.64. The molecule has 0 spiro atoms. The molecule has 2 heterocycles. The molecular weight excluding hydrogens is 445 g/mol. The summed E-state index contributed by atoms with van der Waals surface area (Å²) < 4.78 is 46.3. The van der Waals surface area contributed by atoms with Crippen LogP contribution in [0.3, 0.4) is 0 Å². The van der Waals surface area contributed by atoms with E-state index >= 15 is 4.39 Å². The fourth-order valence-electron chi connectivity index (χ4n) is 3.60. The number of nitrogens with zero attached hydrogens (tertiary/aromatic N) is 2. The Kier molecular flexibility index (Phi) is 7.27. The third-order valence-corrected chi connectivity index (χ3v) is 8.32. The first-order valence-corrected chi connectivity index (χ1v) is 13.1. The summed E-state index contributed by atoms with van der Waals surface area (Å²) in [7, 11) is -3.75. The number of rotatable bonds is 8. The van der Waals surface area contributed by atoms with Crippen LogP contribution in [0.2, 0.25) is 0 Å². The number of sulfonamides is 1. The molecule has 2 aromatic heterocycles. The fraction of sp³-hybridized carbons (Fsp3) is 0.458. The lowest BCUT2D eigenvalue weighted by atomic mass is 10.0. The van der Waals surface area contributed by atoms with Crippen molar-refractivity contribution >= 4 is 21.4 Å². The molecule has 0 saturated heterocycles. The maximum absolute atomic E-state index is 15.1. The van der Waals surface area contributed by atoms with E-state index in [9.17, 15) is 8.42 Å². The van der Waals surface area contributed by atoms with Crippen molar-refractivity contribution in [1.82, 2.24) is 14.3 Å². The van der Waals surface area contributed by atoms with E-state index in [2.05, 4.69) is 23.6 Å². The highest BCUT2D eigenvalue weighted by Gasteiger charge is 2.28. The van der Waals surface area contributed by atoms with Gasteiger partial charge in [-0.15, -0.1) is 11.3 Å². The molecule has 3 rings (SSSR count). The molecule has 0 atom stereocenters. The van der Waals surface area contributed by atoms with E-state index in [1.807, 2.05) is 44.5 Å². The Labute approximate surface area is 194 Å². The number of hydrogen-bond donors (Lipinski definition) is 1. The Balaban J connectivity index is 2.02. The van der Waals surface area contributed by atoms with Crippen LogP contribution in [0.25, 0.3) is 11.1 Å². The standard InChI is InChI=1S/C24H32FN3O2S2/c1-7-22-26-10-11-28(22)15-18-9-8-17(13-21(18)25)20-14-19(12-16(2)3)31-23(20)32(29,30)27-24(4,5)6/h8-11,13-14,16,27H,7,12,15H2,1-6H3. The summed E-state index contributed by atoms with van der Waals surface area (Å²) in [6, 6.07) is 6.87. The molecule has 174 valence electrons. The van der Waals surface area contributed by atoms with Crippen molar-refractivity contribution in [2.45, 2.75) is 70.7 Å². The summed E-state index contributed by atoms with van der Waals surface area (Å²) in [4.78, 5) is 5.26. The molecule has 1 aromatic carbocycles. The van der Waals surface area contributed by atoms with E-state index in [0.717, 1.165) is 23.5 Å². The number of hydrogen-bond acceptors (Lipinski definition) is 4. The van der Waals surface area contributed by atoms with Crippen LogP contribution in [-0.4, -0.2) is 23.5 Å². The molecule has 0 aliphatic heterocycles. The average Bonchev–Trinajstić information content (AvgIpc) is 3.28. The number of nitrogens with one attached hydrogen (secondary N) is 1. The van der Waals surface area contributed by atoms with Crippen molar-refractivity contribution in [3.05, 3.63) is 58.7 Å². The van der Waals surface area contributed by atoms with E-state index in [1.165, 1.54) is 17.4 Å².